The van der Waals surface area contributed by atoms with Crippen LogP contribution in [0.15, 0.2) is 27.9 Å². The number of hydrogen-bond acceptors (Lipinski definition) is 5. The second-order valence-electron chi connectivity index (χ2n) is 8.71. The Hall–Kier alpha value is -1.54. The van der Waals surface area contributed by atoms with Crippen molar-refractivity contribution >= 4 is 7.60 Å². The van der Waals surface area contributed by atoms with Gasteiger partial charge in [0.05, 0.1) is 24.6 Å². The molecule has 8 nitrogen and oxygen atoms in total. The zero-order valence-corrected chi connectivity index (χ0v) is 18.6. The van der Waals surface area contributed by atoms with Crippen LogP contribution >= 0.6 is 7.60 Å². The van der Waals surface area contributed by atoms with Crippen LogP contribution < -0.4 is 11.2 Å². The summed E-state index contributed by atoms with van der Waals surface area (Å²) < 4.78 is 37.0. The van der Waals surface area contributed by atoms with E-state index in [9.17, 15) is 23.4 Å². The molecule has 166 valence electrons. The summed E-state index contributed by atoms with van der Waals surface area (Å²) >= 11 is 0. The predicted molar refractivity (Wildman–Crippen MR) is 110 cm³/mol. The van der Waals surface area contributed by atoms with Crippen LogP contribution in [-0.4, -0.2) is 39.4 Å². The van der Waals surface area contributed by atoms with Crippen LogP contribution in [0.25, 0.3) is 0 Å². The summed E-state index contributed by atoms with van der Waals surface area (Å²) in [6.45, 7) is 10.9. The highest BCUT2D eigenvalue weighted by Crippen LogP contribution is 2.41. The molecule has 1 unspecified atom stereocenters. The molecule has 0 bridgehead atoms. The Morgan fingerprint density at radius 3 is 2.48 bits per heavy atom. The molecule has 0 saturated carbocycles. The molecule has 2 N–H and O–H groups in total. The Balaban J connectivity index is 2.36. The molecule has 1 rings (SSSR count). The standard InChI is InChI=1S/C19H32FN2O6P/c1-18(2,3)14-19(4,5)27-10-8-11-28-29(25,26)12-7-6-9-22-13-15(20)16(23)21-17(22)24/h6-7,13H,8-12,14H2,1-5H3,(H,25,26)(H,21,23,24)/b7-6+. The third-order valence-corrected chi connectivity index (χ3v) is 5.06. The predicted octanol–water partition coefficient (Wildman–Crippen LogP) is 3.06. The lowest BCUT2D eigenvalue weighted by Crippen LogP contribution is -2.31. The summed E-state index contributed by atoms with van der Waals surface area (Å²) in [6, 6.07) is 0. The van der Waals surface area contributed by atoms with E-state index in [4.69, 9.17) is 9.26 Å². The molecule has 1 heterocycles. The van der Waals surface area contributed by atoms with Crippen molar-refractivity contribution in [3.63, 3.8) is 0 Å². The molecule has 0 spiro atoms. The van der Waals surface area contributed by atoms with E-state index in [1.54, 1.807) is 0 Å². The first-order valence-corrected chi connectivity index (χ1v) is 11.2. The fourth-order valence-corrected chi connectivity index (χ4v) is 3.94. The number of hydrogen-bond donors (Lipinski definition) is 2. The van der Waals surface area contributed by atoms with Crippen molar-refractivity contribution in [2.75, 3.05) is 19.4 Å². The topological polar surface area (TPSA) is 111 Å². The van der Waals surface area contributed by atoms with E-state index in [-0.39, 0.29) is 30.3 Å². The fourth-order valence-electron chi connectivity index (χ4n) is 3.01. The van der Waals surface area contributed by atoms with Gasteiger partial charge in [0.1, 0.15) is 0 Å². The van der Waals surface area contributed by atoms with E-state index in [0.29, 0.717) is 13.0 Å². The Labute approximate surface area is 170 Å². The molecule has 0 aromatic carbocycles. The lowest BCUT2D eigenvalue weighted by molar-refractivity contribution is -0.0465. The Morgan fingerprint density at radius 1 is 1.21 bits per heavy atom. The maximum atomic E-state index is 13.2. The van der Waals surface area contributed by atoms with Gasteiger partial charge < -0.3 is 14.2 Å². The minimum atomic E-state index is -3.82. The third kappa shape index (κ3) is 10.7. The SMILES string of the molecule is CC(C)(C)CC(C)(C)OCCCOP(=O)(O)C/C=C/Cn1cc(F)c(=O)[nH]c1=O. The summed E-state index contributed by atoms with van der Waals surface area (Å²) in [6.07, 6.45) is 4.69. The summed E-state index contributed by atoms with van der Waals surface area (Å²) in [7, 11) is -3.82. The summed E-state index contributed by atoms with van der Waals surface area (Å²) in [5.74, 6) is -1.08. The Kier molecular flexibility index (Phi) is 9.21. The van der Waals surface area contributed by atoms with Crippen molar-refractivity contribution in [1.29, 1.82) is 0 Å². The molecule has 0 radical (unpaired) electrons. The Morgan fingerprint density at radius 2 is 1.86 bits per heavy atom. The molecule has 0 aliphatic carbocycles. The van der Waals surface area contributed by atoms with Crippen molar-refractivity contribution < 1.29 is 23.1 Å². The molecule has 0 amide bonds. The molecule has 0 aliphatic heterocycles. The van der Waals surface area contributed by atoms with Gasteiger partial charge in [-0.1, -0.05) is 32.9 Å². The number of ether oxygens (including phenoxy) is 1. The van der Waals surface area contributed by atoms with Crippen molar-refractivity contribution in [2.45, 2.75) is 59.6 Å². The van der Waals surface area contributed by atoms with E-state index in [2.05, 4.69) is 20.8 Å². The average Bonchev–Trinajstić information content (AvgIpc) is 2.53. The van der Waals surface area contributed by atoms with Gasteiger partial charge in [-0.3, -0.25) is 18.9 Å². The van der Waals surface area contributed by atoms with Gasteiger partial charge in [0.25, 0.3) is 5.56 Å². The normalized spacial score (nSPS) is 15.0. The lowest BCUT2D eigenvalue weighted by Gasteiger charge is -2.32. The highest BCUT2D eigenvalue weighted by Gasteiger charge is 2.26. The first-order valence-electron chi connectivity index (χ1n) is 9.45. The van der Waals surface area contributed by atoms with E-state index in [1.165, 1.54) is 12.2 Å². The second-order valence-corrected chi connectivity index (χ2v) is 10.6. The summed E-state index contributed by atoms with van der Waals surface area (Å²) in [4.78, 5) is 34.1. The Bertz CT molecular complexity index is 853. The molecule has 1 atom stereocenters. The zero-order valence-electron chi connectivity index (χ0n) is 17.7. The minimum Gasteiger partial charge on any atom is -0.375 e. The first kappa shape index (κ1) is 25.5. The number of aromatic amines is 1. The van der Waals surface area contributed by atoms with Gasteiger partial charge in [-0.15, -0.1) is 0 Å². The van der Waals surface area contributed by atoms with Gasteiger partial charge in [-0.2, -0.15) is 4.39 Å². The van der Waals surface area contributed by atoms with Gasteiger partial charge in [-0.05, 0) is 32.1 Å². The molecule has 29 heavy (non-hydrogen) atoms. The number of nitrogens with one attached hydrogen (secondary N) is 1. The maximum Gasteiger partial charge on any atom is 0.331 e. The fraction of sp³-hybridized carbons (Fsp3) is 0.684. The number of allylic oxidation sites excluding steroid dienone is 2. The van der Waals surface area contributed by atoms with Crippen LogP contribution in [0.4, 0.5) is 4.39 Å². The van der Waals surface area contributed by atoms with Crippen LogP contribution in [-0.2, 0) is 20.4 Å². The smallest absolute Gasteiger partial charge is 0.331 e. The van der Waals surface area contributed by atoms with E-state index in [1.807, 2.05) is 18.8 Å². The van der Waals surface area contributed by atoms with Gasteiger partial charge >= 0.3 is 13.3 Å². The van der Waals surface area contributed by atoms with Gasteiger partial charge in [0.15, 0.2) is 0 Å². The summed E-state index contributed by atoms with van der Waals surface area (Å²) in [5.41, 5.74) is -2.00. The maximum absolute atomic E-state index is 13.2. The lowest BCUT2D eigenvalue weighted by atomic mass is 9.84. The van der Waals surface area contributed by atoms with Crippen molar-refractivity contribution in [3.8, 4) is 0 Å². The highest BCUT2D eigenvalue weighted by molar-refractivity contribution is 7.53. The molecule has 0 saturated heterocycles. The average molecular weight is 434 g/mol. The molecule has 0 aliphatic rings. The summed E-state index contributed by atoms with van der Waals surface area (Å²) in [5, 5.41) is 0. The molecular weight excluding hydrogens is 402 g/mol. The number of rotatable bonds is 11. The van der Waals surface area contributed by atoms with Crippen molar-refractivity contribution in [3.05, 3.63) is 45.0 Å². The van der Waals surface area contributed by atoms with Crippen LogP contribution in [0.5, 0.6) is 0 Å². The number of aromatic nitrogens is 2. The molecular formula is C19H32FN2O6P. The van der Waals surface area contributed by atoms with Gasteiger partial charge in [-0.25, -0.2) is 4.79 Å². The molecule has 10 heteroatoms. The van der Waals surface area contributed by atoms with Crippen LogP contribution in [0.2, 0.25) is 0 Å². The van der Waals surface area contributed by atoms with Crippen LogP contribution in [0.3, 0.4) is 0 Å². The van der Waals surface area contributed by atoms with E-state index < -0.39 is 24.7 Å². The monoisotopic (exact) mass is 434 g/mol. The van der Waals surface area contributed by atoms with Crippen molar-refractivity contribution in [2.24, 2.45) is 5.41 Å². The molecule has 1 aromatic rings. The number of H-pyrrole nitrogens is 1. The second kappa shape index (κ2) is 10.5. The third-order valence-electron chi connectivity index (χ3n) is 3.80. The van der Waals surface area contributed by atoms with Crippen molar-refractivity contribution in [1.82, 2.24) is 9.55 Å². The van der Waals surface area contributed by atoms with Crippen LogP contribution in [0, 0.1) is 11.2 Å². The number of nitrogens with zero attached hydrogens (tertiary/aromatic N) is 1. The minimum absolute atomic E-state index is 0.0523. The molecule has 0 fully saturated rings. The number of halogens is 1. The van der Waals surface area contributed by atoms with Gasteiger partial charge in [0.2, 0.25) is 5.82 Å². The van der Waals surface area contributed by atoms with Crippen LogP contribution in [0.1, 0.15) is 47.5 Å². The first-order chi connectivity index (χ1) is 13.2. The van der Waals surface area contributed by atoms with E-state index in [0.717, 1.165) is 17.2 Å². The highest BCUT2D eigenvalue weighted by atomic mass is 31.2. The zero-order chi connectivity index (χ0) is 22.3. The largest absolute Gasteiger partial charge is 0.375 e. The van der Waals surface area contributed by atoms with Gasteiger partial charge in [0, 0.05) is 13.2 Å². The molecule has 1 aromatic heterocycles. The van der Waals surface area contributed by atoms with E-state index >= 15 is 0 Å². The quantitative estimate of drug-likeness (QED) is 0.315.